The molecule has 0 aliphatic heterocycles. The first-order valence-electron chi connectivity index (χ1n) is 5.86. The molecule has 0 fully saturated rings. The van der Waals surface area contributed by atoms with Crippen LogP contribution in [0.3, 0.4) is 0 Å². The Kier molecular flexibility index (Phi) is 6.00. The predicted octanol–water partition coefficient (Wildman–Crippen LogP) is 0.961. The average Bonchev–Trinajstić information content (AvgIpc) is 2.39. The Hall–Kier alpha value is -1.75. The van der Waals surface area contributed by atoms with E-state index in [0.29, 0.717) is 18.7 Å². The van der Waals surface area contributed by atoms with E-state index in [-0.39, 0.29) is 12.5 Å². The highest BCUT2D eigenvalue weighted by Gasteiger charge is 2.13. The Morgan fingerprint density at radius 1 is 1.33 bits per heavy atom. The maximum atomic E-state index is 11.6. The van der Waals surface area contributed by atoms with Gasteiger partial charge >= 0.3 is 0 Å². The lowest BCUT2D eigenvalue weighted by atomic mass is 10.3. The van der Waals surface area contributed by atoms with E-state index in [1.807, 2.05) is 0 Å². The monoisotopic (exact) mass is 253 g/mol. The van der Waals surface area contributed by atoms with Crippen molar-refractivity contribution in [2.45, 2.75) is 19.4 Å². The second-order valence-electron chi connectivity index (χ2n) is 3.80. The van der Waals surface area contributed by atoms with Crippen LogP contribution < -0.4 is 14.8 Å². The van der Waals surface area contributed by atoms with Gasteiger partial charge in [0.1, 0.15) is 11.5 Å². The lowest BCUT2D eigenvalue weighted by Gasteiger charge is -2.14. The van der Waals surface area contributed by atoms with Gasteiger partial charge in [0.05, 0.1) is 7.11 Å². The summed E-state index contributed by atoms with van der Waals surface area (Å²) < 4.78 is 10.5. The van der Waals surface area contributed by atoms with Crippen LogP contribution in [0.25, 0.3) is 0 Å². The molecular formula is C13H19NO4. The van der Waals surface area contributed by atoms with Crippen molar-refractivity contribution >= 4 is 5.91 Å². The second kappa shape index (κ2) is 7.55. The normalized spacial score (nSPS) is 11.7. The maximum absolute atomic E-state index is 11.6. The number of ether oxygens (including phenoxy) is 2. The highest BCUT2D eigenvalue weighted by molar-refractivity contribution is 5.80. The van der Waals surface area contributed by atoms with Crippen LogP contribution in [0.15, 0.2) is 24.3 Å². The van der Waals surface area contributed by atoms with E-state index in [2.05, 4.69) is 5.32 Å². The van der Waals surface area contributed by atoms with Crippen molar-refractivity contribution in [2.24, 2.45) is 0 Å². The van der Waals surface area contributed by atoms with Gasteiger partial charge in [-0.25, -0.2) is 0 Å². The number of aliphatic hydroxyl groups is 1. The van der Waals surface area contributed by atoms with Crippen molar-refractivity contribution in [3.05, 3.63) is 24.3 Å². The Balaban J connectivity index is 2.42. The molecule has 0 heterocycles. The summed E-state index contributed by atoms with van der Waals surface area (Å²) in [5, 5.41) is 11.3. The summed E-state index contributed by atoms with van der Waals surface area (Å²) in [6.07, 6.45) is -0.0295. The van der Waals surface area contributed by atoms with Crippen molar-refractivity contribution < 1.29 is 19.4 Å². The van der Waals surface area contributed by atoms with E-state index in [1.165, 1.54) is 0 Å². The number of carbonyl (C=O) groups is 1. The molecule has 0 bridgehead atoms. The third-order valence-electron chi connectivity index (χ3n) is 2.38. The molecule has 0 aliphatic rings. The molecule has 1 aromatic carbocycles. The first-order valence-corrected chi connectivity index (χ1v) is 5.86. The van der Waals surface area contributed by atoms with Gasteiger partial charge < -0.3 is 19.9 Å². The third kappa shape index (κ3) is 4.63. The topological polar surface area (TPSA) is 67.8 Å². The summed E-state index contributed by atoms with van der Waals surface area (Å²) in [6, 6.07) is 7.03. The molecule has 5 nitrogen and oxygen atoms in total. The standard InChI is InChI=1S/C13H19NO4/c1-10(13(16)14-8-3-9-15)18-12-6-4-11(17-2)5-7-12/h4-7,10,15H,3,8-9H2,1-2H3,(H,14,16)/t10-/m1/s1. The molecule has 18 heavy (non-hydrogen) atoms. The fourth-order valence-corrected chi connectivity index (χ4v) is 1.35. The van der Waals surface area contributed by atoms with Gasteiger partial charge in [-0.05, 0) is 37.6 Å². The van der Waals surface area contributed by atoms with Crippen LogP contribution in [-0.2, 0) is 4.79 Å². The third-order valence-corrected chi connectivity index (χ3v) is 2.38. The fraction of sp³-hybridized carbons (Fsp3) is 0.462. The number of aliphatic hydroxyl groups excluding tert-OH is 1. The van der Waals surface area contributed by atoms with Gasteiger partial charge in [-0.15, -0.1) is 0 Å². The molecule has 0 spiro atoms. The summed E-state index contributed by atoms with van der Waals surface area (Å²) in [6.45, 7) is 2.19. The van der Waals surface area contributed by atoms with Crippen LogP contribution >= 0.6 is 0 Å². The number of rotatable bonds is 7. The molecule has 2 N–H and O–H groups in total. The van der Waals surface area contributed by atoms with E-state index in [0.717, 1.165) is 5.75 Å². The Morgan fingerprint density at radius 3 is 2.50 bits per heavy atom. The molecule has 1 rings (SSSR count). The van der Waals surface area contributed by atoms with E-state index in [9.17, 15) is 4.79 Å². The number of nitrogens with one attached hydrogen (secondary N) is 1. The lowest BCUT2D eigenvalue weighted by molar-refractivity contribution is -0.127. The fourth-order valence-electron chi connectivity index (χ4n) is 1.35. The Labute approximate surface area is 107 Å². The van der Waals surface area contributed by atoms with Crippen molar-refractivity contribution in [3.8, 4) is 11.5 Å². The van der Waals surface area contributed by atoms with Gasteiger partial charge in [-0.1, -0.05) is 0 Å². The predicted molar refractivity (Wildman–Crippen MR) is 67.8 cm³/mol. The highest BCUT2D eigenvalue weighted by atomic mass is 16.5. The van der Waals surface area contributed by atoms with Gasteiger partial charge in [0.25, 0.3) is 5.91 Å². The number of hydrogen-bond acceptors (Lipinski definition) is 4. The molecular weight excluding hydrogens is 234 g/mol. The molecule has 0 radical (unpaired) electrons. The minimum Gasteiger partial charge on any atom is -0.497 e. The highest BCUT2D eigenvalue weighted by Crippen LogP contribution is 2.18. The Morgan fingerprint density at radius 2 is 1.94 bits per heavy atom. The average molecular weight is 253 g/mol. The summed E-state index contributed by atoms with van der Waals surface area (Å²) in [5.41, 5.74) is 0. The SMILES string of the molecule is COc1ccc(O[C@H](C)C(=O)NCCCO)cc1. The Bertz CT molecular complexity index is 364. The molecule has 1 atom stereocenters. The lowest BCUT2D eigenvalue weighted by Crippen LogP contribution is -2.37. The number of benzene rings is 1. The number of hydrogen-bond donors (Lipinski definition) is 2. The largest absolute Gasteiger partial charge is 0.497 e. The van der Waals surface area contributed by atoms with Gasteiger partial charge in [0, 0.05) is 13.2 Å². The van der Waals surface area contributed by atoms with Crippen LogP contribution in [0, 0.1) is 0 Å². The first kappa shape index (κ1) is 14.3. The minimum absolute atomic E-state index is 0.0635. The summed E-state index contributed by atoms with van der Waals surface area (Å²) in [5.74, 6) is 1.15. The molecule has 100 valence electrons. The van der Waals surface area contributed by atoms with E-state index in [1.54, 1.807) is 38.3 Å². The number of amides is 1. The molecule has 0 aliphatic carbocycles. The molecule has 0 unspecified atom stereocenters. The van der Waals surface area contributed by atoms with Crippen LogP contribution in [0.4, 0.5) is 0 Å². The first-order chi connectivity index (χ1) is 8.67. The zero-order chi connectivity index (χ0) is 13.4. The van der Waals surface area contributed by atoms with E-state index >= 15 is 0 Å². The van der Waals surface area contributed by atoms with Crippen molar-refractivity contribution in [1.82, 2.24) is 5.32 Å². The van der Waals surface area contributed by atoms with E-state index < -0.39 is 6.10 Å². The second-order valence-corrected chi connectivity index (χ2v) is 3.80. The molecule has 1 amide bonds. The number of methoxy groups -OCH3 is 1. The van der Waals surface area contributed by atoms with Crippen LogP contribution in [0.2, 0.25) is 0 Å². The maximum Gasteiger partial charge on any atom is 0.260 e. The summed E-state index contributed by atoms with van der Waals surface area (Å²) >= 11 is 0. The molecule has 0 aromatic heterocycles. The van der Waals surface area contributed by atoms with Crippen LogP contribution in [-0.4, -0.2) is 37.4 Å². The van der Waals surface area contributed by atoms with Gasteiger partial charge in [0.2, 0.25) is 0 Å². The van der Waals surface area contributed by atoms with Crippen molar-refractivity contribution in [2.75, 3.05) is 20.3 Å². The minimum atomic E-state index is -0.572. The van der Waals surface area contributed by atoms with Gasteiger partial charge in [-0.3, -0.25) is 4.79 Å². The zero-order valence-corrected chi connectivity index (χ0v) is 10.7. The smallest absolute Gasteiger partial charge is 0.260 e. The van der Waals surface area contributed by atoms with E-state index in [4.69, 9.17) is 14.6 Å². The van der Waals surface area contributed by atoms with Crippen LogP contribution in [0.5, 0.6) is 11.5 Å². The molecule has 0 saturated carbocycles. The summed E-state index contributed by atoms with van der Waals surface area (Å²) in [7, 11) is 1.59. The quantitative estimate of drug-likeness (QED) is 0.710. The zero-order valence-electron chi connectivity index (χ0n) is 10.7. The van der Waals surface area contributed by atoms with Crippen molar-refractivity contribution in [3.63, 3.8) is 0 Å². The van der Waals surface area contributed by atoms with Gasteiger partial charge in [-0.2, -0.15) is 0 Å². The van der Waals surface area contributed by atoms with Crippen molar-refractivity contribution in [1.29, 1.82) is 0 Å². The van der Waals surface area contributed by atoms with Crippen LogP contribution in [0.1, 0.15) is 13.3 Å². The number of carbonyl (C=O) groups excluding carboxylic acids is 1. The summed E-state index contributed by atoms with van der Waals surface area (Å²) in [4.78, 5) is 11.6. The molecule has 5 heteroatoms. The molecule has 1 aromatic rings. The van der Waals surface area contributed by atoms with Gasteiger partial charge in [0.15, 0.2) is 6.10 Å². The molecule has 0 saturated heterocycles.